The minimum atomic E-state index is -0.0141. The molecule has 3 nitrogen and oxygen atoms in total. The van der Waals surface area contributed by atoms with Crippen molar-refractivity contribution in [2.75, 3.05) is 0 Å². The third-order valence-corrected chi connectivity index (χ3v) is 2.98. The van der Waals surface area contributed by atoms with Gasteiger partial charge in [-0.15, -0.1) is 11.3 Å². The van der Waals surface area contributed by atoms with Gasteiger partial charge in [-0.2, -0.15) is 0 Å². The molecule has 4 heteroatoms. The molecular weight excluding hydrogens is 206 g/mol. The van der Waals surface area contributed by atoms with Gasteiger partial charge in [-0.25, -0.2) is 4.98 Å². The Hall–Kier alpha value is -1.26. The third kappa shape index (κ3) is 2.22. The van der Waals surface area contributed by atoms with Crippen LogP contribution in [0.4, 0.5) is 0 Å². The molecule has 0 bridgehead atoms. The van der Waals surface area contributed by atoms with Crippen LogP contribution >= 0.6 is 11.3 Å². The van der Waals surface area contributed by atoms with Gasteiger partial charge in [-0.1, -0.05) is 6.07 Å². The zero-order chi connectivity index (χ0) is 10.8. The molecule has 15 heavy (non-hydrogen) atoms. The minimum Gasteiger partial charge on any atom is -0.323 e. The highest BCUT2D eigenvalue weighted by molar-refractivity contribution is 7.13. The molecule has 2 N–H and O–H groups in total. The maximum Gasteiger partial charge on any atom is 0.142 e. The fourth-order valence-corrected chi connectivity index (χ4v) is 2.17. The summed E-state index contributed by atoms with van der Waals surface area (Å²) in [5.41, 5.74) is 8.62. The first-order valence-corrected chi connectivity index (χ1v) is 5.70. The van der Waals surface area contributed by atoms with E-state index in [0.717, 1.165) is 22.1 Å². The van der Waals surface area contributed by atoms with E-state index in [9.17, 15) is 0 Å². The summed E-state index contributed by atoms with van der Waals surface area (Å²) in [6, 6.07) is 5.92. The summed E-state index contributed by atoms with van der Waals surface area (Å²) in [4.78, 5) is 8.88. The number of aromatic nitrogens is 2. The monoisotopic (exact) mass is 219 g/mol. The van der Waals surface area contributed by atoms with Gasteiger partial charge < -0.3 is 5.73 Å². The molecule has 0 saturated heterocycles. The zero-order valence-electron chi connectivity index (χ0n) is 8.77. The molecule has 0 fully saturated rings. The number of rotatable bonds is 2. The summed E-state index contributed by atoms with van der Waals surface area (Å²) >= 11 is 1.59. The normalized spacial score (nSPS) is 12.7. The van der Waals surface area contributed by atoms with Crippen LogP contribution in [-0.4, -0.2) is 9.97 Å². The Morgan fingerprint density at radius 3 is 2.73 bits per heavy atom. The Labute approximate surface area is 93.0 Å². The summed E-state index contributed by atoms with van der Waals surface area (Å²) < 4.78 is 0. The lowest BCUT2D eigenvalue weighted by Gasteiger charge is -1.98. The molecular formula is C11H13N3S. The van der Waals surface area contributed by atoms with Crippen molar-refractivity contribution in [3.05, 3.63) is 35.0 Å². The molecule has 1 unspecified atom stereocenters. The fraction of sp³-hybridized carbons (Fsp3) is 0.273. The molecule has 0 aliphatic carbocycles. The van der Waals surface area contributed by atoms with Crippen molar-refractivity contribution < 1.29 is 0 Å². The lowest BCUT2D eigenvalue weighted by Crippen LogP contribution is -2.04. The Kier molecular flexibility index (Phi) is 2.79. The van der Waals surface area contributed by atoms with E-state index < -0.39 is 0 Å². The van der Waals surface area contributed by atoms with Crippen LogP contribution in [0.25, 0.3) is 10.7 Å². The molecule has 0 saturated carbocycles. The number of thiazole rings is 1. The van der Waals surface area contributed by atoms with Gasteiger partial charge in [0.15, 0.2) is 0 Å². The Morgan fingerprint density at radius 1 is 1.33 bits per heavy atom. The van der Waals surface area contributed by atoms with Crippen LogP contribution in [0.5, 0.6) is 0 Å². The third-order valence-electron chi connectivity index (χ3n) is 2.10. The van der Waals surface area contributed by atoms with Gasteiger partial charge in [0.05, 0.1) is 11.4 Å². The number of hydrogen-bond acceptors (Lipinski definition) is 4. The van der Waals surface area contributed by atoms with Gasteiger partial charge in [-0.3, -0.25) is 4.98 Å². The van der Waals surface area contributed by atoms with Crippen molar-refractivity contribution in [1.82, 2.24) is 9.97 Å². The Morgan fingerprint density at radius 2 is 2.13 bits per heavy atom. The van der Waals surface area contributed by atoms with Crippen LogP contribution in [0, 0.1) is 6.92 Å². The maximum absolute atomic E-state index is 5.76. The molecule has 0 spiro atoms. The van der Waals surface area contributed by atoms with E-state index in [-0.39, 0.29) is 6.04 Å². The summed E-state index contributed by atoms with van der Waals surface area (Å²) in [6.07, 6.45) is 0. The van der Waals surface area contributed by atoms with E-state index in [2.05, 4.69) is 9.97 Å². The van der Waals surface area contributed by atoms with Gasteiger partial charge in [0, 0.05) is 17.1 Å². The van der Waals surface area contributed by atoms with Crippen LogP contribution in [0.2, 0.25) is 0 Å². The van der Waals surface area contributed by atoms with E-state index in [4.69, 9.17) is 5.73 Å². The highest BCUT2D eigenvalue weighted by Crippen LogP contribution is 2.23. The second-order valence-electron chi connectivity index (χ2n) is 3.53. The number of pyridine rings is 1. The standard InChI is InChI=1S/C11H13N3S/c1-7-4-3-5-9(13-7)11-14-10(6-15-11)8(2)12/h3-6,8H,12H2,1-2H3. The van der Waals surface area contributed by atoms with E-state index in [0.29, 0.717) is 0 Å². The lowest BCUT2D eigenvalue weighted by molar-refractivity contribution is 0.790. The summed E-state index contributed by atoms with van der Waals surface area (Å²) in [5.74, 6) is 0. The molecule has 78 valence electrons. The van der Waals surface area contributed by atoms with Gasteiger partial charge >= 0.3 is 0 Å². The number of aryl methyl sites for hydroxylation is 1. The predicted molar refractivity (Wildman–Crippen MR) is 62.7 cm³/mol. The molecule has 2 aromatic heterocycles. The minimum absolute atomic E-state index is 0.0141. The second kappa shape index (κ2) is 4.08. The zero-order valence-corrected chi connectivity index (χ0v) is 9.58. The van der Waals surface area contributed by atoms with Gasteiger partial charge in [0.25, 0.3) is 0 Å². The van der Waals surface area contributed by atoms with E-state index in [1.807, 2.05) is 37.4 Å². The molecule has 0 aromatic carbocycles. The SMILES string of the molecule is Cc1cccc(-c2nc(C(C)N)cs2)n1. The fourth-order valence-electron chi connectivity index (χ4n) is 1.28. The highest BCUT2D eigenvalue weighted by atomic mass is 32.1. The first-order chi connectivity index (χ1) is 7.16. The maximum atomic E-state index is 5.76. The molecule has 0 radical (unpaired) electrons. The van der Waals surface area contributed by atoms with Gasteiger partial charge in [-0.05, 0) is 26.0 Å². The molecule has 1 atom stereocenters. The molecule has 2 rings (SSSR count). The van der Waals surface area contributed by atoms with Crippen LogP contribution in [0.1, 0.15) is 24.4 Å². The number of hydrogen-bond donors (Lipinski definition) is 1. The summed E-state index contributed by atoms with van der Waals surface area (Å²) in [6.45, 7) is 3.91. The summed E-state index contributed by atoms with van der Waals surface area (Å²) in [7, 11) is 0. The van der Waals surface area contributed by atoms with Crippen molar-refractivity contribution in [2.45, 2.75) is 19.9 Å². The first kappa shape index (κ1) is 10.3. The van der Waals surface area contributed by atoms with Crippen LogP contribution in [0.3, 0.4) is 0 Å². The van der Waals surface area contributed by atoms with Crippen molar-refractivity contribution in [3.63, 3.8) is 0 Å². The summed E-state index contributed by atoms with van der Waals surface area (Å²) in [5, 5.41) is 2.93. The topological polar surface area (TPSA) is 51.8 Å². The van der Waals surface area contributed by atoms with Gasteiger partial charge in [0.1, 0.15) is 5.01 Å². The van der Waals surface area contributed by atoms with E-state index in [1.54, 1.807) is 11.3 Å². The largest absolute Gasteiger partial charge is 0.323 e. The molecule has 2 heterocycles. The number of nitrogens with zero attached hydrogens (tertiary/aromatic N) is 2. The van der Waals surface area contributed by atoms with E-state index >= 15 is 0 Å². The van der Waals surface area contributed by atoms with Crippen molar-refractivity contribution >= 4 is 11.3 Å². The first-order valence-electron chi connectivity index (χ1n) is 4.82. The molecule has 0 aliphatic rings. The van der Waals surface area contributed by atoms with Gasteiger partial charge in [0.2, 0.25) is 0 Å². The highest BCUT2D eigenvalue weighted by Gasteiger charge is 2.08. The Bertz CT molecular complexity index is 462. The predicted octanol–water partition coefficient (Wildman–Crippen LogP) is 2.53. The quantitative estimate of drug-likeness (QED) is 0.844. The lowest BCUT2D eigenvalue weighted by atomic mass is 10.3. The smallest absolute Gasteiger partial charge is 0.142 e. The van der Waals surface area contributed by atoms with E-state index in [1.165, 1.54) is 0 Å². The van der Waals surface area contributed by atoms with Crippen LogP contribution in [0.15, 0.2) is 23.6 Å². The molecule has 0 amide bonds. The Balaban J connectivity index is 2.37. The molecule has 2 aromatic rings. The molecule has 0 aliphatic heterocycles. The van der Waals surface area contributed by atoms with Crippen LogP contribution < -0.4 is 5.73 Å². The van der Waals surface area contributed by atoms with Crippen molar-refractivity contribution in [1.29, 1.82) is 0 Å². The van der Waals surface area contributed by atoms with Crippen molar-refractivity contribution in [2.24, 2.45) is 5.73 Å². The van der Waals surface area contributed by atoms with Crippen LogP contribution in [-0.2, 0) is 0 Å². The number of nitrogens with two attached hydrogens (primary N) is 1. The second-order valence-corrected chi connectivity index (χ2v) is 4.39. The average Bonchev–Trinajstić information content (AvgIpc) is 2.66. The van der Waals surface area contributed by atoms with Crippen molar-refractivity contribution in [3.8, 4) is 10.7 Å². The average molecular weight is 219 g/mol.